The van der Waals surface area contributed by atoms with Crippen LogP contribution in [0.4, 0.5) is 11.4 Å². The third-order valence-electron chi connectivity index (χ3n) is 3.48. The number of carboxylic acids is 2. The second-order valence-electron chi connectivity index (χ2n) is 5.06. The van der Waals surface area contributed by atoms with Gasteiger partial charge in [0.1, 0.15) is 11.3 Å². The first kappa shape index (κ1) is 15.3. The van der Waals surface area contributed by atoms with Crippen molar-refractivity contribution in [2.45, 2.75) is 0 Å². The molecule has 3 rings (SSSR count). The standard InChI is InChI=1S/C17H12N2O5/c20-11-4-2-10(3-5-11)19-15-12-7-9(16(21)22)1-6-14(12)18-8-13(15)17(23)24/h1-8,20H,(H,18,19)(H,21,22)(H,23,24). The number of nitrogens with zero attached hydrogens (tertiary/aromatic N) is 1. The zero-order valence-electron chi connectivity index (χ0n) is 12.2. The molecule has 0 aliphatic heterocycles. The number of fused-ring (bicyclic) bond motifs is 1. The largest absolute Gasteiger partial charge is 0.508 e. The van der Waals surface area contributed by atoms with E-state index in [2.05, 4.69) is 10.3 Å². The van der Waals surface area contributed by atoms with Crippen LogP contribution in [0.15, 0.2) is 48.7 Å². The molecule has 7 nitrogen and oxygen atoms in total. The van der Waals surface area contributed by atoms with Crippen molar-refractivity contribution in [1.29, 1.82) is 0 Å². The van der Waals surface area contributed by atoms with Crippen molar-refractivity contribution in [3.05, 3.63) is 59.8 Å². The van der Waals surface area contributed by atoms with Gasteiger partial charge >= 0.3 is 11.9 Å². The van der Waals surface area contributed by atoms with E-state index in [1.165, 1.54) is 36.5 Å². The zero-order valence-corrected chi connectivity index (χ0v) is 12.2. The van der Waals surface area contributed by atoms with Gasteiger partial charge in [-0.2, -0.15) is 0 Å². The molecule has 4 N–H and O–H groups in total. The zero-order chi connectivity index (χ0) is 17.3. The van der Waals surface area contributed by atoms with E-state index in [1.807, 2.05) is 0 Å². The summed E-state index contributed by atoms with van der Waals surface area (Å²) in [5, 5.41) is 31.2. The molecule has 0 aliphatic carbocycles. The number of aromatic nitrogens is 1. The molecule has 24 heavy (non-hydrogen) atoms. The van der Waals surface area contributed by atoms with Crippen LogP contribution in [-0.4, -0.2) is 32.2 Å². The minimum absolute atomic E-state index is 0.0283. The second-order valence-corrected chi connectivity index (χ2v) is 5.06. The smallest absolute Gasteiger partial charge is 0.339 e. The normalized spacial score (nSPS) is 10.5. The van der Waals surface area contributed by atoms with Crippen LogP contribution in [0.5, 0.6) is 5.75 Å². The van der Waals surface area contributed by atoms with Crippen molar-refractivity contribution >= 4 is 34.2 Å². The lowest BCUT2D eigenvalue weighted by Crippen LogP contribution is -2.05. The van der Waals surface area contributed by atoms with E-state index < -0.39 is 11.9 Å². The molecule has 0 saturated heterocycles. The van der Waals surface area contributed by atoms with Crippen LogP contribution in [0.2, 0.25) is 0 Å². The molecule has 0 radical (unpaired) electrons. The number of anilines is 2. The third kappa shape index (κ3) is 2.82. The number of aromatic hydroxyl groups is 1. The molecule has 0 amide bonds. The average molecular weight is 324 g/mol. The van der Waals surface area contributed by atoms with Crippen molar-refractivity contribution in [2.24, 2.45) is 0 Å². The molecule has 0 atom stereocenters. The molecule has 0 fully saturated rings. The second kappa shape index (κ2) is 5.88. The van der Waals surface area contributed by atoms with Crippen molar-refractivity contribution in [1.82, 2.24) is 4.98 Å². The van der Waals surface area contributed by atoms with Gasteiger partial charge in [-0.3, -0.25) is 4.98 Å². The molecule has 0 bridgehead atoms. The number of carboxylic acid groups (broad SMARTS) is 2. The number of rotatable bonds is 4. The Balaban J connectivity index is 2.22. The van der Waals surface area contributed by atoms with Crippen LogP contribution in [0.3, 0.4) is 0 Å². The SMILES string of the molecule is O=C(O)c1ccc2ncc(C(=O)O)c(Nc3ccc(O)cc3)c2c1. The highest BCUT2D eigenvalue weighted by atomic mass is 16.4. The van der Waals surface area contributed by atoms with Gasteiger partial charge in [-0.1, -0.05) is 0 Å². The molecule has 3 aromatic rings. The van der Waals surface area contributed by atoms with E-state index >= 15 is 0 Å². The number of carbonyl (C=O) groups is 2. The number of phenols is 1. The lowest BCUT2D eigenvalue weighted by atomic mass is 10.1. The summed E-state index contributed by atoms with van der Waals surface area (Å²) in [5.41, 5.74) is 1.19. The van der Waals surface area contributed by atoms with Crippen LogP contribution >= 0.6 is 0 Å². The summed E-state index contributed by atoms with van der Waals surface area (Å²) in [4.78, 5) is 26.7. The Morgan fingerprint density at radius 3 is 2.29 bits per heavy atom. The summed E-state index contributed by atoms with van der Waals surface area (Å²) in [6.07, 6.45) is 1.22. The fraction of sp³-hybridized carbons (Fsp3) is 0. The van der Waals surface area contributed by atoms with E-state index in [9.17, 15) is 19.8 Å². The van der Waals surface area contributed by atoms with Gasteiger partial charge in [0.05, 0.1) is 16.8 Å². The molecule has 0 spiro atoms. The van der Waals surface area contributed by atoms with Gasteiger partial charge in [-0.15, -0.1) is 0 Å². The minimum atomic E-state index is -1.19. The van der Waals surface area contributed by atoms with Gasteiger partial charge < -0.3 is 20.6 Å². The van der Waals surface area contributed by atoms with Gasteiger partial charge in [0.15, 0.2) is 0 Å². The number of phenolic OH excluding ortho intramolecular Hbond substituents is 1. The number of aromatic carboxylic acids is 2. The van der Waals surface area contributed by atoms with E-state index in [-0.39, 0.29) is 22.6 Å². The third-order valence-corrected chi connectivity index (χ3v) is 3.48. The number of nitrogens with one attached hydrogen (secondary N) is 1. The molecule has 1 aromatic heterocycles. The van der Waals surface area contributed by atoms with Crippen molar-refractivity contribution < 1.29 is 24.9 Å². The van der Waals surface area contributed by atoms with Gasteiger partial charge in [0.2, 0.25) is 0 Å². The monoisotopic (exact) mass is 324 g/mol. The van der Waals surface area contributed by atoms with Gasteiger partial charge in [0.25, 0.3) is 0 Å². The van der Waals surface area contributed by atoms with Gasteiger partial charge in [-0.05, 0) is 42.5 Å². The molecule has 1 heterocycles. The maximum Gasteiger partial charge on any atom is 0.339 e. The van der Waals surface area contributed by atoms with Crippen LogP contribution < -0.4 is 5.32 Å². The average Bonchev–Trinajstić information content (AvgIpc) is 2.56. The summed E-state index contributed by atoms with van der Waals surface area (Å²) < 4.78 is 0. The van der Waals surface area contributed by atoms with Gasteiger partial charge in [-0.25, -0.2) is 9.59 Å². The first-order chi connectivity index (χ1) is 11.5. The van der Waals surface area contributed by atoms with E-state index in [1.54, 1.807) is 12.1 Å². The van der Waals surface area contributed by atoms with E-state index in [0.717, 1.165) is 0 Å². The lowest BCUT2D eigenvalue weighted by Gasteiger charge is -2.13. The first-order valence-electron chi connectivity index (χ1n) is 6.91. The van der Waals surface area contributed by atoms with Crippen LogP contribution in [0.1, 0.15) is 20.7 Å². The predicted molar refractivity (Wildman–Crippen MR) is 87.1 cm³/mol. The van der Waals surface area contributed by atoms with E-state index in [0.29, 0.717) is 16.6 Å². The topological polar surface area (TPSA) is 120 Å². The van der Waals surface area contributed by atoms with Crippen molar-refractivity contribution in [3.8, 4) is 5.75 Å². The Labute approximate surface area is 135 Å². The summed E-state index contributed by atoms with van der Waals surface area (Å²) in [6, 6.07) is 10.4. The Hall–Kier alpha value is -3.61. The molecule has 7 heteroatoms. The van der Waals surface area contributed by atoms with Gasteiger partial charge in [0, 0.05) is 17.3 Å². The summed E-state index contributed by atoms with van der Waals surface area (Å²) in [5.74, 6) is -2.23. The number of pyridine rings is 1. The molecule has 0 aliphatic rings. The maximum atomic E-state index is 11.5. The maximum absolute atomic E-state index is 11.5. The Bertz CT molecular complexity index is 946. The minimum Gasteiger partial charge on any atom is -0.508 e. The summed E-state index contributed by atoms with van der Waals surface area (Å²) in [7, 11) is 0. The Morgan fingerprint density at radius 2 is 1.67 bits per heavy atom. The molecule has 120 valence electrons. The first-order valence-corrected chi connectivity index (χ1v) is 6.91. The van der Waals surface area contributed by atoms with Crippen LogP contribution in [0.25, 0.3) is 10.9 Å². The van der Waals surface area contributed by atoms with E-state index in [4.69, 9.17) is 5.11 Å². The molecular formula is C17H12N2O5. The highest BCUT2D eigenvalue weighted by molar-refractivity contribution is 6.07. The molecule has 0 unspecified atom stereocenters. The molecule has 0 saturated carbocycles. The fourth-order valence-corrected chi connectivity index (χ4v) is 2.31. The highest BCUT2D eigenvalue weighted by Crippen LogP contribution is 2.30. The van der Waals surface area contributed by atoms with Crippen molar-refractivity contribution in [3.63, 3.8) is 0 Å². The number of benzene rings is 2. The Kier molecular flexibility index (Phi) is 3.75. The quantitative estimate of drug-likeness (QED) is 0.544. The summed E-state index contributed by atoms with van der Waals surface area (Å²) >= 11 is 0. The molecular weight excluding hydrogens is 312 g/mol. The number of hydrogen-bond acceptors (Lipinski definition) is 5. The highest BCUT2D eigenvalue weighted by Gasteiger charge is 2.16. The lowest BCUT2D eigenvalue weighted by molar-refractivity contribution is 0.0687. The molecule has 2 aromatic carbocycles. The number of hydrogen-bond donors (Lipinski definition) is 4. The fourth-order valence-electron chi connectivity index (χ4n) is 2.31. The van der Waals surface area contributed by atoms with Crippen LogP contribution in [-0.2, 0) is 0 Å². The van der Waals surface area contributed by atoms with Crippen molar-refractivity contribution in [2.75, 3.05) is 5.32 Å². The summed E-state index contributed by atoms with van der Waals surface area (Å²) in [6.45, 7) is 0. The Morgan fingerprint density at radius 1 is 0.958 bits per heavy atom. The van der Waals surface area contributed by atoms with Crippen LogP contribution in [0, 0.1) is 0 Å². The predicted octanol–water partition coefficient (Wildman–Crippen LogP) is 3.08.